The van der Waals surface area contributed by atoms with Crippen LogP contribution in [0.1, 0.15) is 40.0 Å². The van der Waals surface area contributed by atoms with Crippen LogP contribution in [0.4, 0.5) is 0 Å². The van der Waals surface area contributed by atoms with E-state index in [4.69, 9.17) is 10.5 Å². The molecule has 1 fully saturated rings. The zero-order valence-electron chi connectivity index (χ0n) is 10.7. The van der Waals surface area contributed by atoms with E-state index in [0.717, 1.165) is 13.1 Å². The van der Waals surface area contributed by atoms with Gasteiger partial charge in [-0.25, -0.2) is 0 Å². The van der Waals surface area contributed by atoms with Crippen LogP contribution in [0.25, 0.3) is 0 Å². The van der Waals surface area contributed by atoms with Gasteiger partial charge in [0.1, 0.15) is 6.04 Å². The Hall–Kier alpha value is -0.610. The number of carbonyl (C=O) groups excluding carboxylic acids is 1. The summed E-state index contributed by atoms with van der Waals surface area (Å²) in [4.78, 5) is 14.0. The fourth-order valence-electron chi connectivity index (χ4n) is 2.19. The first-order chi connectivity index (χ1) is 7.50. The molecule has 2 N–H and O–H groups in total. The van der Waals surface area contributed by atoms with Gasteiger partial charge in [-0.1, -0.05) is 6.42 Å². The van der Waals surface area contributed by atoms with E-state index in [1.54, 1.807) is 6.92 Å². The lowest BCUT2D eigenvalue weighted by Gasteiger charge is -2.43. The minimum atomic E-state index is -0.564. The van der Waals surface area contributed by atoms with Crippen LogP contribution < -0.4 is 5.73 Å². The Bertz CT molecular complexity index is 235. The van der Waals surface area contributed by atoms with Gasteiger partial charge in [0, 0.05) is 5.54 Å². The van der Waals surface area contributed by atoms with Crippen LogP contribution in [-0.2, 0) is 9.53 Å². The van der Waals surface area contributed by atoms with Gasteiger partial charge in [0.2, 0.25) is 0 Å². The molecule has 16 heavy (non-hydrogen) atoms. The van der Waals surface area contributed by atoms with E-state index in [1.165, 1.54) is 19.3 Å². The van der Waals surface area contributed by atoms with E-state index in [9.17, 15) is 4.79 Å². The second-order valence-corrected chi connectivity index (χ2v) is 4.93. The van der Waals surface area contributed by atoms with Gasteiger partial charge in [0.25, 0.3) is 0 Å². The lowest BCUT2D eigenvalue weighted by atomic mass is 9.91. The molecule has 0 amide bonds. The third-order valence-corrected chi connectivity index (χ3v) is 3.47. The number of piperidine rings is 1. The van der Waals surface area contributed by atoms with Crippen LogP contribution in [0.2, 0.25) is 0 Å². The summed E-state index contributed by atoms with van der Waals surface area (Å²) in [7, 11) is 0. The highest BCUT2D eigenvalue weighted by molar-refractivity contribution is 5.77. The molecule has 1 aliphatic rings. The molecule has 1 saturated heterocycles. The van der Waals surface area contributed by atoms with Crippen LogP contribution in [0.5, 0.6) is 0 Å². The maximum Gasteiger partial charge on any atom is 0.324 e. The Kier molecular flexibility index (Phi) is 4.74. The minimum Gasteiger partial charge on any atom is -0.465 e. The molecule has 0 spiro atoms. The summed E-state index contributed by atoms with van der Waals surface area (Å²) in [5.41, 5.74) is 5.68. The molecule has 0 bridgehead atoms. The SMILES string of the molecule is CCOC(=O)[C@@H](N)C(C)(C)N1CCCCC1. The summed E-state index contributed by atoms with van der Waals surface area (Å²) in [5, 5.41) is 0. The van der Waals surface area contributed by atoms with Crippen molar-refractivity contribution in [1.29, 1.82) is 0 Å². The van der Waals surface area contributed by atoms with Crippen molar-refractivity contribution in [3.05, 3.63) is 0 Å². The van der Waals surface area contributed by atoms with Crippen LogP contribution in [0, 0.1) is 0 Å². The summed E-state index contributed by atoms with van der Waals surface area (Å²) in [6, 6.07) is -0.564. The van der Waals surface area contributed by atoms with Crippen LogP contribution in [0.3, 0.4) is 0 Å². The van der Waals surface area contributed by atoms with Gasteiger partial charge in [0.15, 0.2) is 0 Å². The molecule has 0 unspecified atom stereocenters. The van der Waals surface area contributed by atoms with Gasteiger partial charge < -0.3 is 10.5 Å². The predicted molar refractivity (Wildman–Crippen MR) is 64.1 cm³/mol. The van der Waals surface area contributed by atoms with Crippen LogP contribution in [-0.4, -0.2) is 42.1 Å². The Morgan fingerprint density at radius 1 is 1.38 bits per heavy atom. The molecule has 0 saturated carbocycles. The van der Waals surface area contributed by atoms with E-state index in [2.05, 4.69) is 4.90 Å². The third-order valence-electron chi connectivity index (χ3n) is 3.47. The number of carbonyl (C=O) groups is 1. The number of hydrogen-bond acceptors (Lipinski definition) is 4. The average molecular weight is 228 g/mol. The molecule has 1 rings (SSSR count). The number of hydrogen-bond donors (Lipinski definition) is 1. The summed E-state index contributed by atoms with van der Waals surface area (Å²) in [6.07, 6.45) is 3.67. The maximum atomic E-state index is 11.7. The molecule has 1 aliphatic heterocycles. The highest BCUT2D eigenvalue weighted by atomic mass is 16.5. The summed E-state index contributed by atoms with van der Waals surface area (Å²) < 4.78 is 4.99. The number of rotatable bonds is 4. The average Bonchev–Trinajstić information content (AvgIpc) is 2.29. The van der Waals surface area contributed by atoms with Crippen molar-refractivity contribution in [2.75, 3.05) is 19.7 Å². The zero-order valence-corrected chi connectivity index (χ0v) is 10.7. The summed E-state index contributed by atoms with van der Waals surface area (Å²) >= 11 is 0. The van der Waals surface area contributed by atoms with Crippen molar-refractivity contribution < 1.29 is 9.53 Å². The van der Waals surface area contributed by atoms with Crippen molar-refractivity contribution >= 4 is 5.97 Å². The van der Waals surface area contributed by atoms with E-state index in [0.29, 0.717) is 6.61 Å². The minimum absolute atomic E-state index is 0.293. The molecule has 0 aromatic carbocycles. The molecule has 1 heterocycles. The Balaban J connectivity index is 2.63. The molecular formula is C12H24N2O2. The summed E-state index contributed by atoms with van der Waals surface area (Å²) in [5.74, 6) is -0.293. The van der Waals surface area contributed by atoms with Crippen LogP contribution in [0.15, 0.2) is 0 Å². The van der Waals surface area contributed by atoms with Gasteiger partial charge in [-0.3, -0.25) is 9.69 Å². The van der Waals surface area contributed by atoms with E-state index in [-0.39, 0.29) is 11.5 Å². The van der Waals surface area contributed by atoms with Gasteiger partial charge in [-0.15, -0.1) is 0 Å². The topological polar surface area (TPSA) is 55.6 Å². The third kappa shape index (κ3) is 2.95. The second kappa shape index (κ2) is 5.64. The largest absolute Gasteiger partial charge is 0.465 e. The smallest absolute Gasteiger partial charge is 0.324 e. The van der Waals surface area contributed by atoms with E-state index >= 15 is 0 Å². The Morgan fingerprint density at radius 3 is 2.44 bits per heavy atom. The molecule has 0 aliphatic carbocycles. The number of esters is 1. The Labute approximate surface area is 98.1 Å². The van der Waals surface area contributed by atoms with Crippen molar-refractivity contribution in [3.63, 3.8) is 0 Å². The maximum absolute atomic E-state index is 11.7. The van der Waals surface area contributed by atoms with Gasteiger partial charge in [0.05, 0.1) is 6.61 Å². The number of nitrogens with zero attached hydrogens (tertiary/aromatic N) is 1. The summed E-state index contributed by atoms with van der Waals surface area (Å²) in [6.45, 7) is 8.31. The van der Waals surface area contributed by atoms with Gasteiger partial charge in [-0.2, -0.15) is 0 Å². The standard InChI is InChI=1S/C12H24N2O2/c1-4-16-11(15)10(13)12(2,3)14-8-6-5-7-9-14/h10H,4-9,13H2,1-3H3/t10-/m1/s1. The first kappa shape index (κ1) is 13.5. The van der Waals surface area contributed by atoms with Crippen molar-refractivity contribution in [2.45, 2.75) is 51.6 Å². The van der Waals surface area contributed by atoms with Crippen molar-refractivity contribution in [1.82, 2.24) is 4.90 Å². The lowest BCUT2D eigenvalue weighted by Crippen LogP contribution is -2.60. The molecule has 0 aromatic heterocycles. The highest BCUT2D eigenvalue weighted by Gasteiger charge is 2.38. The van der Waals surface area contributed by atoms with E-state index < -0.39 is 6.04 Å². The Morgan fingerprint density at radius 2 is 1.94 bits per heavy atom. The molecule has 4 heteroatoms. The number of nitrogens with two attached hydrogens (primary N) is 1. The molecule has 0 aromatic rings. The molecule has 1 atom stereocenters. The fourth-order valence-corrected chi connectivity index (χ4v) is 2.19. The molecular weight excluding hydrogens is 204 g/mol. The molecule has 94 valence electrons. The molecule has 4 nitrogen and oxygen atoms in total. The van der Waals surface area contributed by atoms with Crippen molar-refractivity contribution in [3.8, 4) is 0 Å². The van der Waals surface area contributed by atoms with Gasteiger partial charge >= 0.3 is 5.97 Å². The van der Waals surface area contributed by atoms with Crippen LogP contribution >= 0.6 is 0 Å². The fraction of sp³-hybridized carbons (Fsp3) is 0.917. The van der Waals surface area contributed by atoms with Gasteiger partial charge in [-0.05, 0) is 46.7 Å². The zero-order chi connectivity index (χ0) is 12.2. The predicted octanol–water partition coefficient (Wildman–Crippen LogP) is 1.14. The van der Waals surface area contributed by atoms with E-state index in [1.807, 2.05) is 13.8 Å². The van der Waals surface area contributed by atoms with Crippen molar-refractivity contribution in [2.24, 2.45) is 5.73 Å². The second-order valence-electron chi connectivity index (χ2n) is 4.93. The lowest BCUT2D eigenvalue weighted by molar-refractivity contribution is -0.148. The molecule has 0 radical (unpaired) electrons. The first-order valence-electron chi connectivity index (χ1n) is 6.17. The monoisotopic (exact) mass is 228 g/mol. The first-order valence-corrected chi connectivity index (χ1v) is 6.17. The number of ether oxygens (including phenoxy) is 1. The number of likely N-dealkylation sites (tertiary alicyclic amines) is 1. The normalized spacial score (nSPS) is 20.5. The quantitative estimate of drug-likeness (QED) is 0.733. The highest BCUT2D eigenvalue weighted by Crippen LogP contribution is 2.23.